The zero-order chi connectivity index (χ0) is 19.6. The summed E-state index contributed by atoms with van der Waals surface area (Å²) >= 11 is 0. The van der Waals surface area contributed by atoms with E-state index in [4.69, 9.17) is 0 Å². The van der Waals surface area contributed by atoms with E-state index in [1.807, 2.05) is 0 Å². The SMILES string of the molecule is C[C@@H](NC(=O)c1cc2ccc(F)cc2[nH]1)c1ccc(OCC(F)(F)F)nc1. The first-order chi connectivity index (χ1) is 12.7. The van der Waals surface area contributed by atoms with Crippen molar-refractivity contribution in [3.63, 3.8) is 0 Å². The van der Waals surface area contributed by atoms with Crippen molar-refractivity contribution in [2.75, 3.05) is 6.61 Å². The lowest BCUT2D eigenvalue weighted by Gasteiger charge is -2.14. The molecule has 0 radical (unpaired) electrons. The number of amides is 1. The number of alkyl halides is 3. The minimum atomic E-state index is -4.44. The van der Waals surface area contributed by atoms with Crippen molar-refractivity contribution >= 4 is 16.8 Å². The van der Waals surface area contributed by atoms with Gasteiger partial charge >= 0.3 is 6.18 Å². The summed E-state index contributed by atoms with van der Waals surface area (Å²) in [6.07, 6.45) is -3.11. The number of H-pyrrole nitrogens is 1. The van der Waals surface area contributed by atoms with Gasteiger partial charge in [-0.3, -0.25) is 4.79 Å². The Labute approximate surface area is 151 Å². The Morgan fingerprint density at radius 3 is 2.70 bits per heavy atom. The van der Waals surface area contributed by atoms with Gasteiger partial charge in [0.2, 0.25) is 5.88 Å². The Balaban J connectivity index is 1.65. The first-order valence-electron chi connectivity index (χ1n) is 7.96. The molecule has 9 heteroatoms. The van der Waals surface area contributed by atoms with Crippen LogP contribution >= 0.6 is 0 Å². The van der Waals surface area contributed by atoms with Gasteiger partial charge in [-0.2, -0.15) is 13.2 Å². The Bertz CT molecular complexity index is 951. The summed E-state index contributed by atoms with van der Waals surface area (Å²) in [6.45, 7) is 0.278. The first kappa shape index (κ1) is 18.7. The second kappa shape index (κ2) is 7.26. The van der Waals surface area contributed by atoms with Crippen LogP contribution in [0.3, 0.4) is 0 Å². The van der Waals surface area contributed by atoms with Gasteiger partial charge in [-0.25, -0.2) is 9.37 Å². The summed E-state index contributed by atoms with van der Waals surface area (Å²) in [5.41, 5.74) is 1.35. The van der Waals surface area contributed by atoms with Gasteiger partial charge in [0.05, 0.1) is 6.04 Å². The molecule has 3 rings (SSSR count). The van der Waals surface area contributed by atoms with Crippen molar-refractivity contribution in [3.05, 3.63) is 59.7 Å². The molecular weight excluding hydrogens is 366 g/mol. The second-order valence-corrected chi connectivity index (χ2v) is 5.94. The number of ether oxygens (including phenoxy) is 1. The van der Waals surface area contributed by atoms with Crippen LogP contribution in [0, 0.1) is 5.82 Å². The molecule has 27 heavy (non-hydrogen) atoms. The summed E-state index contributed by atoms with van der Waals surface area (Å²) in [5.74, 6) is -0.979. The fourth-order valence-corrected chi connectivity index (χ4v) is 2.47. The Hall–Kier alpha value is -3.10. The van der Waals surface area contributed by atoms with E-state index in [1.165, 1.54) is 30.5 Å². The summed E-state index contributed by atoms with van der Waals surface area (Å²) in [7, 11) is 0. The van der Waals surface area contributed by atoms with Gasteiger partial charge in [0.1, 0.15) is 11.5 Å². The molecule has 0 spiro atoms. The number of rotatable bonds is 5. The van der Waals surface area contributed by atoms with Crippen LogP contribution in [-0.2, 0) is 0 Å². The molecule has 0 fully saturated rings. The summed E-state index contributed by atoms with van der Waals surface area (Å²) < 4.78 is 54.2. The van der Waals surface area contributed by atoms with Crippen molar-refractivity contribution in [1.29, 1.82) is 0 Å². The molecule has 1 aromatic carbocycles. The van der Waals surface area contributed by atoms with Gasteiger partial charge in [0.25, 0.3) is 5.91 Å². The third-order valence-electron chi connectivity index (χ3n) is 3.82. The van der Waals surface area contributed by atoms with Gasteiger partial charge in [-0.15, -0.1) is 0 Å². The zero-order valence-corrected chi connectivity index (χ0v) is 14.1. The van der Waals surface area contributed by atoms with Crippen molar-refractivity contribution in [1.82, 2.24) is 15.3 Å². The van der Waals surface area contributed by atoms with Gasteiger partial charge < -0.3 is 15.0 Å². The number of carbonyl (C=O) groups excluding carboxylic acids is 1. The fourth-order valence-electron chi connectivity index (χ4n) is 2.47. The van der Waals surface area contributed by atoms with Crippen LogP contribution in [0.2, 0.25) is 0 Å². The highest BCUT2D eigenvalue weighted by atomic mass is 19.4. The van der Waals surface area contributed by atoms with Gasteiger partial charge in [-0.05, 0) is 36.8 Å². The molecule has 142 valence electrons. The molecule has 0 saturated carbocycles. The molecule has 0 unspecified atom stereocenters. The number of fused-ring (bicyclic) bond motifs is 1. The highest BCUT2D eigenvalue weighted by Gasteiger charge is 2.28. The molecule has 2 N–H and O–H groups in total. The predicted octanol–water partition coefficient (Wildman–Crippen LogP) is 4.13. The largest absolute Gasteiger partial charge is 0.468 e. The minimum absolute atomic E-state index is 0.160. The summed E-state index contributed by atoms with van der Waals surface area (Å²) in [4.78, 5) is 19.0. The lowest BCUT2D eigenvalue weighted by molar-refractivity contribution is -0.154. The lowest BCUT2D eigenvalue weighted by Crippen LogP contribution is -2.27. The van der Waals surface area contributed by atoms with Crippen LogP contribution in [0.15, 0.2) is 42.6 Å². The smallest absolute Gasteiger partial charge is 0.422 e. The van der Waals surface area contributed by atoms with Crippen molar-refractivity contribution in [2.45, 2.75) is 19.1 Å². The van der Waals surface area contributed by atoms with Gasteiger partial charge in [-0.1, -0.05) is 6.07 Å². The number of halogens is 4. The topological polar surface area (TPSA) is 67.0 Å². The van der Waals surface area contributed by atoms with E-state index >= 15 is 0 Å². The van der Waals surface area contributed by atoms with Crippen LogP contribution in [0.25, 0.3) is 10.9 Å². The fraction of sp³-hybridized carbons (Fsp3) is 0.222. The van der Waals surface area contributed by atoms with Gasteiger partial charge in [0.15, 0.2) is 6.61 Å². The predicted molar refractivity (Wildman–Crippen MR) is 89.9 cm³/mol. The molecule has 0 aliphatic heterocycles. The maximum atomic E-state index is 13.2. The molecule has 0 aliphatic carbocycles. The van der Waals surface area contributed by atoms with Crippen LogP contribution in [-0.4, -0.2) is 28.7 Å². The molecular formula is C18H15F4N3O2. The maximum absolute atomic E-state index is 13.2. The average Bonchev–Trinajstić information content (AvgIpc) is 3.03. The third-order valence-corrected chi connectivity index (χ3v) is 3.82. The van der Waals surface area contributed by atoms with E-state index in [1.54, 1.807) is 19.1 Å². The van der Waals surface area contributed by atoms with Crippen LogP contribution in [0.1, 0.15) is 29.0 Å². The molecule has 1 amide bonds. The molecule has 2 heterocycles. The number of nitrogens with one attached hydrogen (secondary N) is 2. The van der Waals surface area contributed by atoms with Crippen LogP contribution in [0.4, 0.5) is 17.6 Å². The number of aromatic nitrogens is 2. The Kier molecular flexibility index (Phi) is 5.02. The maximum Gasteiger partial charge on any atom is 0.422 e. The zero-order valence-electron chi connectivity index (χ0n) is 14.1. The van der Waals surface area contributed by atoms with E-state index in [9.17, 15) is 22.4 Å². The molecule has 0 saturated heterocycles. The van der Waals surface area contributed by atoms with E-state index in [-0.39, 0.29) is 11.6 Å². The Morgan fingerprint density at radius 1 is 1.26 bits per heavy atom. The van der Waals surface area contributed by atoms with E-state index in [2.05, 4.69) is 20.0 Å². The van der Waals surface area contributed by atoms with Crippen LogP contribution in [0.5, 0.6) is 5.88 Å². The standard InChI is InChI=1S/C18H15F4N3O2/c1-10(12-3-5-16(23-8-12)27-9-18(20,21)22)24-17(26)15-6-11-2-4-13(19)7-14(11)25-15/h2-8,10,25H,9H2,1H3,(H,24,26)/t10-/m1/s1. The lowest BCUT2D eigenvalue weighted by atomic mass is 10.1. The monoisotopic (exact) mass is 381 g/mol. The number of pyridine rings is 1. The normalized spacial score (nSPS) is 12.8. The van der Waals surface area contributed by atoms with Crippen molar-refractivity contribution < 1.29 is 27.1 Å². The highest BCUT2D eigenvalue weighted by Crippen LogP contribution is 2.20. The molecule has 2 aromatic heterocycles. The molecule has 3 aromatic rings. The second-order valence-electron chi connectivity index (χ2n) is 5.94. The molecule has 5 nitrogen and oxygen atoms in total. The number of carbonyl (C=O) groups is 1. The minimum Gasteiger partial charge on any atom is -0.468 e. The van der Waals surface area contributed by atoms with E-state index in [0.29, 0.717) is 16.5 Å². The quantitative estimate of drug-likeness (QED) is 0.653. The van der Waals surface area contributed by atoms with E-state index in [0.717, 1.165) is 0 Å². The summed E-state index contributed by atoms with van der Waals surface area (Å²) in [5, 5.41) is 3.44. The van der Waals surface area contributed by atoms with Gasteiger partial charge in [0, 0.05) is 23.2 Å². The highest BCUT2D eigenvalue weighted by molar-refractivity contribution is 5.98. The molecule has 1 atom stereocenters. The molecule has 0 bridgehead atoms. The number of aromatic amines is 1. The average molecular weight is 381 g/mol. The summed E-state index contributed by atoms with van der Waals surface area (Å²) in [6, 6.07) is 8.12. The number of benzene rings is 1. The third kappa shape index (κ3) is 4.75. The van der Waals surface area contributed by atoms with E-state index < -0.39 is 30.5 Å². The first-order valence-corrected chi connectivity index (χ1v) is 7.96. The van der Waals surface area contributed by atoms with Crippen LogP contribution < -0.4 is 10.1 Å². The van der Waals surface area contributed by atoms with Crippen molar-refractivity contribution in [2.24, 2.45) is 0 Å². The number of nitrogens with zero attached hydrogens (tertiary/aromatic N) is 1. The molecule has 0 aliphatic rings. The Morgan fingerprint density at radius 2 is 2.04 bits per heavy atom. The number of hydrogen-bond donors (Lipinski definition) is 2. The van der Waals surface area contributed by atoms with Crippen molar-refractivity contribution in [3.8, 4) is 5.88 Å². The number of hydrogen-bond acceptors (Lipinski definition) is 3.